The largest absolute Gasteiger partial charge is 0.355 e. The van der Waals surface area contributed by atoms with Crippen molar-refractivity contribution < 1.29 is 4.39 Å². The van der Waals surface area contributed by atoms with Crippen LogP contribution in [-0.2, 0) is 19.5 Å². The van der Waals surface area contributed by atoms with Gasteiger partial charge in [0, 0.05) is 36.4 Å². The first-order valence-electron chi connectivity index (χ1n) is 9.17. The summed E-state index contributed by atoms with van der Waals surface area (Å²) in [6.45, 7) is 2.20. The van der Waals surface area contributed by atoms with Crippen LogP contribution in [0.25, 0.3) is 16.6 Å². The van der Waals surface area contributed by atoms with Crippen molar-refractivity contribution in [3.8, 4) is 0 Å². The molecule has 0 atom stereocenters. The average molecular weight is 362 g/mol. The number of halogens is 1. The van der Waals surface area contributed by atoms with Crippen LogP contribution < -0.4 is 5.56 Å². The first kappa shape index (κ1) is 16.2. The Morgan fingerprint density at radius 3 is 3.04 bits per heavy atom. The molecule has 4 heterocycles. The number of nitrogens with zero attached hydrogens (tertiary/aromatic N) is 3. The minimum absolute atomic E-state index is 0.0706. The Morgan fingerprint density at radius 1 is 1.19 bits per heavy atom. The summed E-state index contributed by atoms with van der Waals surface area (Å²) in [5, 5.41) is 0.980. The van der Waals surface area contributed by atoms with Gasteiger partial charge in [0.2, 0.25) is 0 Å². The van der Waals surface area contributed by atoms with Gasteiger partial charge in [0.15, 0.2) is 0 Å². The number of benzene rings is 1. The predicted octanol–water partition coefficient (Wildman–Crippen LogP) is 3.26. The summed E-state index contributed by atoms with van der Waals surface area (Å²) in [6, 6.07) is 12.4. The molecule has 1 N–H and O–H groups in total. The van der Waals surface area contributed by atoms with Crippen LogP contribution in [0.4, 0.5) is 4.39 Å². The Labute approximate surface area is 155 Å². The first-order valence-corrected chi connectivity index (χ1v) is 9.17. The summed E-state index contributed by atoms with van der Waals surface area (Å²) in [5.74, 6) is -0.212. The second-order valence-electron chi connectivity index (χ2n) is 7.07. The maximum Gasteiger partial charge on any atom is 0.258 e. The first-order chi connectivity index (χ1) is 13.2. The van der Waals surface area contributed by atoms with Gasteiger partial charge in [0.25, 0.3) is 5.56 Å². The number of hydrogen-bond donors (Lipinski definition) is 1. The highest BCUT2D eigenvalue weighted by Crippen LogP contribution is 2.29. The van der Waals surface area contributed by atoms with E-state index in [1.54, 1.807) is 22.7 Å². The molecule has 0 amide bonds. The number of aryl methyl sites for hydroxylation is 1. The standard InChI is InChI=1S/C21H19FN4O/c22-17-7-3-5-16-15-6-4-9-25(13-18(15)24-21(16)17)12-14-11-20(27)26-10-2-1-8-19(26)23-14/h1-3,5,7-8,10-11,24H,4,6,9,12-13H2. The van der Waals surface area contributed by atoms with Crippen molar-refractivity contribution in [2.24, 2.45) is 0 Å². The van der Waals surface area contributed by atoms with Gasteiger partial charge in [-0.05, 0) is 43.1 Å². The molecular weight excluding hydrogens is 343 g/mol. The summed E-state index contributed by atoms with van der Waals surface area (Å²) in [7, 11) is 0. The van der Waals surface area contributed by atoms with Crippen LogP contribution in [0, 0.1) is 5.82 Å². The van der Waals surface area contributed by atoms with E-state index in [0.29, 0.717) is 24.3 Å². The minimum atomic E-state index is -0.212. The van der Waals surface area contributed by atoms with Gasteiger partial charge in [-0.15, -0.1) is 0 Å². The molecule has 4 aromatic rings. The van der Waals surface area contributed by atoms with E-state index in [0.717, 1.165) is 36.2 Å². The molecule has 0 saturated heterocycles. The fourth-order valence-electron chi connectivity index (χ4n) is 4.04. The van der Waals surface area contributed by atoms with Gasteiger partial charge < -0.3 is 4.98 Å². The molecule has 0 fully saturated rings. The number of H-pyrrole nitrogens is 1. The topological polar surface area (TPSA) is 53.4 Å². The van der Waals surface area contributed by atoms with E-state index >= 15 is 0 Å². The van der Waals surface area contributed by atoms with Crippen LogP contribution in [0.3, 0.4) is 0 Å². The van der Waals surface area contributed by atoms with E-state index in [4.69, 9.17) is 0 Å². The van der Waals surface area contributed by atoms with Crippen LogP contribution >= 0.6 is 0 Å². The number of fused-ring (bicyclic) bond motifs is 4. The lowest BCUT2D eigenvalue weighted by atomic mass is 10.1. The zero-order valence-electron chi connectivity index (χ0n) is 14.8. The monoisotopic (exact) mass is 362 g/mol. The van der Waals surface area contributed by atoms with Gasteiger partial charge in [-0.2, -0.15) is 0 Å². The van der Waals surface area contributed by atoms with E-state index in [9.17, 15) is 9.18 Å². The highest BCUT2D eigenvalue weighted by molar-refractivity contribution is 5.85. The molecule has 136 valence electrons. The minimum Gasteiger partial charge on any atom is -0.355 e. The molecule has 27 heavy (non-hydrogen) atoms. The predicted molar refractivity (Wildman–Crippen MR) is 102 cm³/mol. The molecule has 1 aromatic carbocycles. The molecule has 6 heteroatoms. The van der Waals surface area contributed by atoms with Gasteiger partial charge in [-0.25, -0.2) is 9.37 Å². The molecular formula is C21H19FN4O. The Balaban J connectivity index is 1.48. The summed E-state index contributed by atoms with van der Waals surface area (Å²) < 4.78 is 15.7. The van der Waals surface area contributed by atoms with Crippen molar-refractivity contribution in [3.63, 3.8) is 0 Å². The van der Waals surface area contributed by atoms with Crippen LogP contribution in [0.1, 0.15) is 23.4 Å². The van der Waals surface area contributed by atoms with Gasteiger partial charge in [0.1, 0.15) is 11.5 Å². The van der Waals surface area contributed by atoms with Gasteiger partial charge in [-0.3, -0.25) is 14.1 Å². The summed E-state index contributed by atoms with van der Waals surface area (Å²) >= 11 is 0. The number of rotatable bonds is 2. The second kappa shape index (κ2) is 6.32. The van der Waals surface area contributed by atoms with Crippen molar-refractivity contribution in [2.75, 3.05) is 6.54 Å². The van der Waals surface area contributed by atoms with E-state index < -0.39 is 0 Å². The SMILES string of the molecule is O=c1cc(CN2CCCc3c([nH]c4c(F)cccc34)C2)nc2ccccn12. The molecule has 0 bridgehead atoms. The lowest BCUT2D eigenvalue weighted by Crippen LogP contribution is -2.25. The number of nitrogens with one attached hydrogen (secondary N) is 1. The number of aromatic amines is 1. The number of hydrogen-bond acceptors (Lipinski definition) is 3. The molecule has 0 saturated carbocycles. The fraction of sp³-hybridized carbons (Fsp3) is 0.238. The summed E-state index contributed by atoms with van der Waals surface area (Å²) in [5.41, 5.74) is 4.20. The highest BCUT2D eigenvalue weighted by atomic mass is 19.1. The van der Waals surface area contributed by atoms with Crippen LogP contribution in [0.5, 0.6) is 0 Å². The quantitative estimate of drug-likeness (QED) is 0.595. The van der Waals surface area contributed by atoms with Crippen LogP contribution in [0.2, 0.25) is 0 Å². The molecule has 1 aliphatic rings. The summed E-state index contributed by atoms with van der Waals surface area (Å²) in [6.07, 6.45) is 3.64. The number of para-hydroxylation sites is 1. The third-order valence-corrected chi connectivity index (χ3v) is 5.27. The maximum atomic E-state index is 14.1. The van der Waals surface area contributed by atoms with Crippen molar-refractivity contribution in [1.82, 2.24) is 19.3 Å². The van der Waals surface area contributed by atoms with Crippen LogP contribution in [0.15, 0.2) is 53.5 Å². The number of pyridine rings is 1. The average Bonchev–Trinajstić information content (AvgIpc) is 2.88. The van der Waals surface area contributed by atoms with Crippen molar-refractivity contribution in [2.45, 2.75) is 25.9 Å². The van der Waals surface area contributed by atoms with Gasteiger partial charge >= 0.3 is 0 Å². The lowest BCUT2D eigenvalue weighted by molar-refractivity contribution is 0.255. The highest BCUT2D eigenvalue weighted by Gasteiger charge is 2.20. The Kier molecular flexibility index (Phi) is 3.79. The molecule has 1 aliphatic heterocycles. The fourth-order valence-corrected chi connectivity index (χ4v) is 4.04. The molecule has 5 rings (SSSR count). The number of aromatic nitrogens is 3. The van der Waals surface area contributed by atoms with Crippen molar-refractivity contribution >= 4 is 16.6 Å². The van der Waals surface area contributed by atoms with E-state index in [1.807, 2.05) is 24.3 Å². The molecule has 0 radical (unpaired) electrons. The van der Waals surface area contributed by atoms with E-state index in [-0.39, 0.29) is 11.4 Å². The molecule has 5 nitrogen and oxygen atoms in total. The van der Waals surface area contributed by atoms with E-state index in [2.05, 4.69) is 14.9 Å². The Morgan fingerprint density at radius 2 is 2.11 bits per heavy atom. The normalized spacial score (nSPS) is 15.1. The Hall–Kier alpha value is -2.99. The lowest BCUT2D eigenvalue weighted by Gasteiger charge is -2.19. The van der Waals surface area contributed by atoms with Gasteiger partial charge in [0.05, 0.1) is 11.2 Å². The Bertz CT molecular complexity index is 1210. The zero-order valence-corrected chi connectivity index (χ0v) is 14.8. The summed E-state index contributed by atoms with van der Waals surface area (Å²) in [4.78, 5) is 22.5. The maximum absolute atomic E-state index is 14.1. The van der Waals surface area contributed by atoms with Crippen LogP contribution in [-0.4, -0.2) is 25.8 Å². The molecule has 0 unspecified atom stereocenters. The van der Waals surface area contributed by atoms with Gasteiger partial charge in [-0.1, -0.05) is 18.2 Å². The van der Waals surface area contributed by atoms with Crippen molar-refractivity contribution in [3.05, 3.63) is 81.8 Å². The molecule has 3 aromatic heterocycles. The molecule has 0 spiro atoms. The van der Waals surface area contributed by atoms with E-state index in [1.165, 1.54) is 11.6 Å². The smallest absolute Gasteiger partial charge is 0.258 e. The third kappa shape index (κ3) is 2.82. The second-order valence-corrected chi connectivity index (χ2v) is 7.07. The third-order valence-electron chi connectivity index (χ3n) is 5.27. The molecule has 0 aliphatic carbocycles. The van der Waals surface area contributed by atoms with Crippen molar-refractivity contribution in [1.29, 1.82) is 0 Å². The zero-order chi connectivity index (χ0) is 18.4.